The fourth-order valence-corrected chi connectivity index (χ4v) is 1.45. The quantitative estimate of drug-likeness (QED) is 0.682. The first-order chi connectivity index (χ1) is 6.72. The SMILES string of the molecule is COc1c(C)cc(C=O)cc1CC#N. The van der Waals surface area contributed by atoms with Crippen molar-refractivity contribution in [1.82, 2.24) is 0 Å². The summed E-state index contributed by atoms with van der Waals surface area (Å²) in [5.41, 5.74) is 2.22. The van der Waals surface area contributed by atoms with E-state index in [0.717, 1.165) is 17.4 Å². The van der Waals surface area contributed by atoms with Gasteiger partial charge in [0.2, 0.25) is 0 Å². The minimum Gasteiger partial charge on any atom is -0.496 e. The molecular formula is C11H11NO2. The van der Waals surface area contributed by atoms with Crippen molar-refractivity contribution in [3.05, 3.63) is 28.8 Å². The lowest BCUT2D eigenvalue weighted by atomic mass is 10.0. The van der Waals surface area contributed by atoms with Crippen molar-refractivity contribution in [3.63, 3.8) is 0 Å². The molecule has 72 valence electrons. The number of aryl methyl sites for hydroxylation is 1. The Labute approximate surface area is 82.9 Å². The van der Waals surface area contributed by atoms with Gasteiger partial charge in [-0.2, -0.15) is 5.26 Å². The topological polar surface area (TPSA) is 50.1 Å². The summed E-state index contributed by atoms with van der Waals surface area (Å²) in [4.78, 5) is 10.6. The summed E-state index contributed by atoms with van der Waals surface area (Å²) in [6.45, 7) is 1.85. The van der Waals surface area contributed by atoms with Crippen molar-refractivity contribution in [1.29, 1.82) is 5.26 Å². The Morgan fingerprint density at radius 2 is 2.29 bits per heavy atom. The van der Waals surface area contributed by atoms with Gasteiger partial charge in [-0.1, -0.05) is 0 Å². The van der Waals surface area contributed by atoms with Crippen LogP contribution in [-0.4, -0.2) is 13.4 Å². The minimum absolute atomic E-state index is 0.256. The van der Waals surface area contributed by atoms with Crippen LogP contribution in [0.25, 0.3) is 0 Å². The predicted octanol–water partition coefficient (Wildman–Crippen LogP) is 1.88. The molecule has 0 N–H and O–H groups in total. The number of aldehydes is 1. The normalized spacial score (nSPS) is 9.21. The lowest BCUT2D eigenvalue weighted by Crippen LogP contribution is -1.96. The molecular weight excluding hydrogens is 178 g/mol. The van der Waals surface area contributed by atoms with Crippen LogP contribution in [0.2, 0.25) is 0 Å². The summed E-state index contributed by atoms with van der Waals surface area (Å²) in [6.07, 6.45) is 1.03. The summed E-state index contributed by atoms with van der Waals surface area (Å²) < 4.78 is 5.16. The molecule has 0 aliphatic carbocycles. The first kappa shape index (κ1) is 10.3. The number of nitrogens with zero attached hydrogens (tertiary/aromatic N) is 1. The van der Waals surface area contributed by atoms with Gasteiger partial charge < -0.3 is 4.74 Å². The van der Waals surface area contributed by atoms with E-state index in [0.29, 0.717) is 11.3 Å². The van der Waals surface area contributed by atoms with Gasteiger partial charge in [-0.05, 0) is 24.6 Å². The molecule has 1 aromatic rings. The van der Waals surface area contributed by atoms with Gasteiger partial charge in [0.05, 0.1) is 19.6 Å². The predicted molar refractivity (Wildman–Crippen MR) is 52.4 cm³/mol. The largest absolute Gasteiger partial charge is 0.496 e. The maximum Gasteiger partial charge on any atom is 0.150 e. The second-order valence-electron chi connectivity index (χ2n) is 2.98. The molecule has 3 nitrogen and oxygen atoms in total. The second kappa shape index (κ2) is 4.43. The monoisotopic (exact) mass is 189 g/mol. The fourth-order valence-electron chi connectivity index (χ4n) is 1.45. The van der Waals surface area contributed by atoms with E-state index in [9.17, 15) is 4.79 Å². The fraction of sp³-hybridized carbons (Fsp3) is 0.273. The first-order valence-corrected chi connectivity index (χ1v) is 4.22. The molecule has 0 atom stereocenters. The number of methoxy groups -OCH3 is 1. The Morgan fingerprint density at radius 1 is 1.57 bits per heavy atom. The number of carbonyl (C=O) groups excluding carboxylic acids is 1. The van der Waals surface area contributed by atoms with E-state index in [2.05, 4.69) is 0 Å². The molecule has 1 rings (SSSR count). The third-order valence-electron chi connectivity index (χ3n) is 1.98. The van der Waals surface area contributed by atoms with Gasteiger partial charge in [0.25, 0.3) is 0 Å². The summed E-state index contributed by atoms with van der Waals surface area (Å²) in [7, 11) is 1.56. The van der Waals surface area contributed by atoms with Crippen LogP contribution in [0.1, 0.15) is 21.5 Å². The zero-order chi connectivity index (χ0) is 10.6. The molecule has 0 aliphatic rings. The Morgan fingerprint density at radius 3 is 2.79 bits per heavy atom. The molecule has 0 unspecified atom stereocenters. The number of nitriles is 1. The average molecular weight is 189 g/mol. The second-order valence-corrected chi connectivity index (χ2v) is 2.98. The lowest BCUT2D eigenvalue weighted by Gasteiger charge is -2.09. The van der Waals surface area contributed by atoms with Gasteiger partial charge in [-0.25, -0.2) is 0 Å². The molecule has 0 bridgehead atoms. The molecule has 0 amide bonds. The van der Waals surface area contributed by atoms with E-state index < -0.39 is 0 Å². The smallest absolute Gasteiger partial charge is 0.150 e. The highest BCUT2D eigenvalue weighted by molar-refractivity contribution is 5.76. The number of carbonyl (C=O) groups is 1. The Bertz CT molecular complexity index is 391. The van der Waals surface area contributed by atoms with E-state index >= 15 is 0 Å². The number of rotatable bonds is 3. The van der Waals surface area contributed by atoms with Crippen molar-refractivity contribution in [3.8, 4) is 11.8 Å². The van der Waals surface area contributed by atoms with Gasteiger partial charge >= 0.3 is 0 Å². The van der Waals surface area contributed by atoms with Crippen LogP contribution in [0.5, 0.6) is 5.75 Å². The summed E-state index contributed by atoms with van der Waals surface area (Å²) in [5, 5.41) is 8.60. The molecule has 0 heterocycles. The zero-order valence-corrected chi connectivity index (χ0v) is 8.20. The standard InChI is InChI=1S/C11H11NO2/c1-8-5-9(7-13)6-10(3-4-12)11(8)14-2/h5-7H,3H2,1-2H3. The highest BCUT2D eigenvalue weighted by atomic mass is 16.5. The van der Waals surface area contributed by atoms with Crippen LogP contribution in [0.4, 0.5) is 0 Å². The molecule has 0 aromatic heterocycles. The van der Waals surface area contributed by atoms with Crippen molar-refractivity contribution in [2.24, 2.45) is 0 Å². The van der Waals surface area contributed by atoms with Gasteiger partial charge in [0.15, 0.2) is 0 Å². The molecule has 0 spiro atoms. The molecule has 0 saturated carbocycles. The van der Waals surface area contributed by atoms with Gasteiger partial charge in [0.1, 0.15) is 12.0 Å². The maximum absolute atomic E-state index is 10.6. The third-order valence-corrected chi connectivity index (χ3v) is 1.98. The number of hydrogen-bond donors (Lipinski definition) is 0. The van der Waals surface area contributed by atoms with Crippen LogP contribution in [0.3, 0.4) is 0 Å². The van der Waals surface area contributed by atoms with Gasteiger partial charge in [0, 0.05) is 11.1 Å². The summed E-state index contributed by atoms with van der Waals surface area (Å²) >= 11 is 0. The van der Waals surface area contributed by atoms with Crippen molar-refractivity contribution >= 4 is 6.29 Å². The third kappa shape index (κ3) is 1.91. The van der Waals surface area contributed by atoms with Gasteiger partial charge in [-0.15, -0.1) is 0 Å². The number of hydrogen-bond acceptors (Lipinski definition) is 3. The molecule has 0 radical (unpaired) electrons. The van der Waals surface area contributed by atoms with Crippen LogP contribution in [-0.2, 0) is 6.42 Å². The minimum atomic E-state index is 0.256. The van der Waals surface area contributed by atoms with E-state index in [-0.39, 0.29) is 6.42 Å². The van der Waals surface area contributed by atoms with Crippen LogP contribution in [0, 0.1) is 18.3 Å². The maximum atomic E-state index is 10.6. The van der Waals surface area contributed by atoms with Gasteiger partial charge in [-0.3, -0.25) is 4.79 Å². The average Bonchev–Trinajstić information content (AvgIpc) is 2.18. The summed E-state index contributed by atoms with van der Waals surface area (Å²) in [6, 6.07) is 5.47. The van der Waals surface area contributed by atoms with E-state index in [4.69, 9.17) is 10.00 Å². The summed E-state index contributed by atoms with van der Waals surface area (Å²) in [5.74, 6) is 0.692. The zero-order valence-electron chi connectivity index (χ0n) is 8.20. The highest BCUT2D eigenvalue weighted by Crippen LogP contribution is 2.24. The molecule has 0 saturated heterocycles. The Balaban J connectivity index is 3.28. The lowest BCUT2D eigenvalue weighted by molar-refractivity contribution is 0.112. The number of ether oxygens (including phenoxy) is 1. The number of benzene rings is 1. The van der Waals surface area contributed by atoms with Crippen molar-refractivity contribution in [2.75, 3.05) is 7.11 Å². The van der Waals surface area contributed by atoms with Crippen molar-refractivity contribution in [2.45, 2.75) is 13.3 Å². The van der Waals surface area contributed by atoms with E-state index in [1.165, 1.54) is 0 Å². The van der Waals surface area contributed by atoms with Crippen molar-refractivity contribution < 1.29 is 9.53 Å². The Hall–Kier alpha value is -1.82. The molecule has 0 aliphatic heterocycles. The van der Waals surface area contributed by atoms with E-state index in [1.807, 2.05) is 13.0 Å². The molecule has 0 fully saturated rings. The first-order valence-electron chi connectivity index (χ1n) is 4.22. The van der Waals surface area contributed by atoms with Crippen LogP contribution in [0.15, 0.2) is 12.1 Å². The molecule has 1 aromatic carbocycles. The molecule has 3 heteroatoms. The highest BCUT2D eigenvalue weighted by Gasteiger charge is 2.07. The van der Waals surface area contributed by atoms with Crippen LogP contribution >= 0.6 is 0 Å². The van der Waals surface area contributed by atoms with E-state index in [1.54, 1.807) is 19.2 Å². The Kier molecular flexibility index (Phi) is 3.24. The van der Waals surface area contributed by atoms with Crippen LogP contribution < -0.4 is 4.74 Å². The molecule has 14 heavy (non-hydrogen) atoms.